The van der Waals surface area contributed by atoms with E-state index >= 15 is 0 Å². The van der Waals surface area contributed by atoms with Crippen LogP contribution in [0.2, 0.25) is 0 Å². The lowest BCUT2D eigenvalue weighted by atomic mass is 10.1. The lowest BCUT2D eigenvalue weighted by Gasteiger charge is -2.23. The van der Waals surface area contributed by atoms with E-state index < -0.39 is 10.0 Å². The molecule has 3 aliphatic rings. The first kappa shape index (κ1) is 21.2. The topological polar surface area (TPSA) is 95.6 Å². The summed E-state index contributed by atoms with van der Waals surface area (Å²) in [5.41, 5.74) is 1.93. The summed E-state index contributed by atoms with van der Waals surface area (Å²) >= 11 is 0. The van der Waals surface area contributed by atoms with E-state index in [4.69, 9.17) is 0 Å². The molecular formula is C24H27N3O4S. The van der Waals surface area contributed by atoms with E-state index in [1.807, 2.05) is 12.1 Å². The molecule has 0 spiro atoms. The maximum Gasteiger partial charge on any atom is 0.254 e. The molecule has 0 radical (unpaired) electrons. The maximum atomic E-state index is 13.3. The molecule has 0 aromatic heterocycles. The van der Waals surface area contributed by atoms with E-state index in [0.717, 1.165) is 44.1 Å². The number of nitrogens with one attached hydrogen (secondary N) is 2. The van der Waals surface area contributed by atoms with E-state index in [-0.39, 0.29) is 28.8 Å². The Labute approximate surface area is 188 Å². The molecule has 0 heterocycles. The first-order valence-corrected chi connectivity index (χ1v) is 12.7. The molecule has 3 fully saturated rings. The number of rotatable bonds is 9. The summed E-state index contributed by atoms with van der Waals surface area (Å²) in [4.78, 5) is 27.4. The third-order valence-corrected chi connectivity index (χ3v) is 7.54. The average Bonchev–Trinajstić information content (AvgIpc) is 3.60. The van der Waals surface area contributed by atoms with Gasteiger partial charge in [-0.2, -0.15) is 0 Å². The fourth-order valence-electron chi connectivity index (χ4n) is 3.66. The number of carbonyl (C=O) groups excluding carboxylic acids is 2. The van der Waals surface area contributed by atoms with Crippen molar-refractivity contribution in [1.82, 2.24) is 14.9 Å². The highest BCUT2D eigenvalue weighted by Gasteiger charge is 2.34. The van der Waals surface area contributed by atoms with Crippen molar-refractivity contribution in [2.24, 2.45) is 0 Å². The van der Waals surface area contributed by atoms with E-state index in [9.17, 15) is 18.0 Å². The van der Waals surface area contributed by atoms with Gasteiger partial charge in [0.15, 0.2) is 0 Å². The molecule has 3 aliphatic carbocycles. The van der Waals surface area contributed by atoms with E-state index in [1.54, 1.807) is 29.2 Å². The highest BCUT2D eigenvalue weighted by atomic mass is 32.2. The zero-order valence-electron chi connectivity index (χ0n) is 17.8. The predicted molar refractivity (Wildman–Crippen MR) is 120 cm³/mol. The quantitative estimate of drug-likeness (QED) is 0.610. The Bertz CT molecular complexity index is 1130. The van der Waals surface area contributed by atoms with Gasteiger partial charge in [0, 0.05) is 35.8 Å². The molecular weight excluding hydrogens is 426 g/mol. The zero-order valence-corrected chi connectivity index (χ0v) is 18.6. The van der Waals surface area contributed by atoms with Crippen molar-refractivity contribution in [1.29, 1.82) is 0 Å². The molecule has 7 nitrogen and oxygen atoms in total. The van der Waals surface area contributed by atoms with Gasteiger partial charge >= 0.3 is 0 Å². The molecule has 0 saturated heterocycles. The molecule has 0 aliphatic heterocycles. The van der Waals surface area contributed by atoms with Crippen molar-refractivity contribution in [3.63, 3.8) is 0 Å². The fraction of sp³-hybridized carbons (Fsp3) is 0.417. The smallest absolute Gasteiger partial charge is 0.254 e. The van der Waals surface area contributed by atoms with Crippen molar-refractivity contribution in [2.75, 3.05) is 0 Å². The molecule has 2 N–H and O–H groups in total. The number of benzene rings is 2. The predicted octanol–water partition coefficient (Wildman–Crippen LogP) is 2.82. The maximum absolute atomic E-state index is 13.3. The Morgan fingerprint density at radius 3 is 2.19 bits per heavy atom. The van der Waals surface area contributed by atoms with Crippen molar-refractivity contribution in [2.45, 2.75) is 68.1 Å². The van der Waals surface area contributed by atoms with Crippen LogP contribution in [0, 0.1) is 0 Å². The number of amides is 2. The Kier molecular flexibility index (Phi) is 5.51. The Morgan fingerprint density at radius 1 is 0.875 bits per heavy atom. The summed E-state index contributed by atoms with van der Waals surface area (Å²) in [6.45, 7) is 0.422. The lowest BCUT2D eigenvalue weighted by molar-refractivity contribution is 0.0729. The molecule has 32 heavy (non-hydrogen) atoms. The fourth-order valence-corrected chi connectivity index (χ4v) is 5.01. The van der Waals surface area contributed by atoms with Crippen molar-refractivity contribution < 1.29 is 18.0 Å². The molecule has 2 amide bonds. The zero-order chi connectivity index (χ0) is 22.3. The Balaban J connectivity index is 1.30. The standard InChI is InChI=1S/C24H27N3O4S/c28-23(25-19-8-9-19)17-6-4-16(5-7-17)15-27(21-12-13-21)24(29)18-2-1-3-22(14-18)32(30,31)26-20-10-11-20/h1-7,14,19-21,26H,8-13,15H2,(H,25,28). The average molecular weight is 454 g/mol. The van der Waals surface area contributed by atoms with Crippen LogP contribution in [0.1, 0.15) is 64.8 Å². The number of carbonyl (C=O) groups is 2. The molecule has 168 valence electrons. The minimum Gasteiger partial charge on any atom is -0.349 e. The van der Waals surface area contributed by atoms with Crippen LogP contribution >= 0.6 is 0 Å². The first-order chi connectivity index (χ1) is 15.4. The van der Waals surface area contributed by atoms with Crippen molar-refractivity contribution in [3.05, 3.63) is 65.2 Å². The normalized spacial score (nSPS) is 18.2. The van der Waals surface area contributed by atoms with Gasteiger partial charge in [-0.1, -0.05) is 18.2 Å². The van der Waals surface area contributed by atoms with Gasteiger partial charge in [-0.05, 0) is 74.4 Å². The molecule has 0 atom stereocenters. The first-order valence-electron chi connectivity index (χ1n) is 11.2. The number of hydrogen-bond donors (Lipinski definition) is 2. The van der Waals surface area contributed by atoms with E-state index in [0.29, 0.717) is 23.7 Å². The number of nitrogens with zero attached hydrogens (tertiary/aromatic N) is 1. The second-order valence-corrected chi connectivity index (χ2v) is 10.7. The van der Waals surface area contributed by atoms with Gasteiger partial charge in [0.2, 0.25) is 10.0 Å². The van der Waals surface area contributed by atoms with Crippen LogP contribution in [0.5, 0.6) is 0 Å². The monoisotopic (exact) mass is 453 g/mol. The largest absolute Gasteiger partial charge is 0.349 e. The highest BCUT2D eigenvalue weighted by molar-refractivity contribution is 7.89. The van der Waals surface area contributed by atoms with Crippen LogP contribution in [0.3, 0.4) is 0 Å². The van der Waals surface area contributed by atoms with Crippen LogP contribution in [-0.4, -0.2) is 43.3 Å². The Morgan fingerprint density at radius 2 is 1.56 bits per heavy atom. The Hall–Kier alpha value is -2.71. The summed E-state index contributed by atoms with van der Waals surface area (Å²) < 4.78 is 27.8. The highest BCUT2D eigenvalue weighted by Crippen LogP contribution is 2.30. The van der Waals surface area contributed by atoms with Crippen LogP contribution in [0.25, 0.3) is 0 Å². The van der Waals surface area contributed by atoms with Crippen molar-refractivity contribution in [3.8, 4) is 0 Å². The molecule has 0 unspecified atom stereocenters. The molecule has 2 aromatic carbocycles. The van der Waals surface area contributed by atoms with Crippen LogP contribution < -0.4 is 10.0 Å². The second-order valence-electron chi connectivity index (χ2n) is 9.03. The summed E-state index contributed by atoms with van der Waals surface area (Å²) in [5.74, 6) is -0.237. The molecule has 0 bridgehead atoms. The third-order valence-electron chi connectivity index (χ3n) is 6.02. The van der Waals surface area contributed by atoms with E-state index in [1.165, 1.54) is 12.1 Å². The van der Waals surface area contributed by atoms with Gasteiger partial charge in [0.1, 0.15) is 0 Å². The number of hydrogen-bond acceptors (Lipinski definition) is 4. The van der Waals surface area contributed by atoms with Crippen LogP contribution in [0.15, 0.2) is 53.4 Å². The number of sulfonamides is 1. The molecule has 5 rings (SSSR count). The van der Waals surface area contributed by atoms with Crippen molar-refractivity contribution >= 4 is 21.8 Å². The minimum absolute atomic E-state index is 0.0108. The van der Waals surface area contributed by atoms with Crippen LogP contribution in [-0.2, 0) is 16.6 Å². The van der Waals surface area contributed by atoms with Crippen LogP contribution in [0.4, 0.5) is 0 Å². The molecule has 3 saturated carbocycles. The van der Waals surface area contributed by atoms with Gasteiger partial charge in [-0.25, -0.2) is 13.1 Å². The SMILES string of the molecule is O=C(NC1CC1)c1ccc(CN(C(=O)c2cccc(S(=O)(=O)NC3CC3)c2)C2CC2)cc1. The minimum atomic E-state index is -3.62. The summed E-state index contributed by atoms with van der Waals surface area (Å²) in [5, 5.41) is 2.97. The third kappa shape index (κ3) is 5.02. The van der Waals surface area contributed by atoms with Gasteiger partial charge in [-0.15, -0.1) is 0 Å². The summed E-state index contributed by atoms with van der Waals surface area (Å²) in [7, 11) is -3.62. The molecule has 2 aromatic rings. The van der Waals surface area contributed by atoms with Gasteiger partial charge in [0.05, 0.1) is 4.90 Å². The van der Waals surface area contributed by atoms with Gasteiger partial charge < -0.3 is 10.2 Å². The van der Waals surface area contributed by atoms with Gasteiger partial charge in [0.25, 0.3) is 11.8 Å². The summed E-state index contributed by atoms with van der Waals surface area (Å²) in [6.07, 6.45) is 5.68. The second kappa shape index (κ2) is 8.33. The molecule has 8 heteroatoms. The van der Waals surface area contributed by atoms with E-state index in [2.05, 4.69) is 10.0 Å². The van der Waals surface area contributed by atoms with Gasteiger partial charge in [-0.3, -0.25) is 9.59 Å². The summed E-state index contributed by atoms with van der Waals surface area (Å²) in [6, 6.07) is 14.1. The lowest BCUT2D eigenvalue weighted by Crippen LogP contribution is -2.33.